The van der Waals surface area contributed by atoms with Gasteiger partial charge in [0.25, 0.3) is 0 Å². The van der Waals surface area contributed by atoms with E-state index in [9.17, 15) is 0 Å². The molecule has 0 aliphatic rings. The van der Waals surface area contributed by atoms with E-state index in [4.69, 9.17) is 19.9 Å². The summed E-state index contributed by atoms with van der Waals surface area (Å²) in [5, 5.41) is 1.85. The number of halogens is 3. The Morgan fingerprint density at radius 3 is 1.07 bits per heavy atom. The predicted molar refractivity (Wildman–Crippen MR) is 290 cm³/mol. The normalized spacial score (nSPS) is 11.6. The van der Waals surface area contributed by atoms with E-state index < -0.39 is 11.7 Å². The highest BCUT2D eigenvalue weighted by molar-refractivity contribution is 6.12. The van der Waals surface area contributed by atoms with Gasteiger partial charge in [0.05, 0.1) is 45.1 Å². The Labute approximate surface area is 420 Å². The molecule has 350 valence electrons. The van der Waals surface area contributed by atoms with Gasteiger partial charge in [0.2, 0.25) is 0 Å². The van der Waals surface area contributed by atoms with Gasteiger partial charge in [-0.25, -0.2) is 19.9 Å². The lowest BCUT2D eigenvalue weighted by Gasteiger charge is -2.22. The summed E-state index contributed by atoms with van der Waals surface area (Å²) in [5.41, 5.74) is 12.5. The van der Waals surface area contributed by atoms with Crippen LogP contribution in [0.5, 0.6) is 0 Å². The van der Waals surface area contributed by atoms with Crippen molar-refractivity contribution >= 4 is 21.8 Å². The fourth-order valence-corrected chi connectivity index (χ4v) is 9.81. The van der Waals surface area contributed by atoms with Crippen molar-refractivity contribution in [2.75, 3.05) is 0 Å². The first-order chi connectivity index (χ1) is 35.6. The van der Waals surface area contributed by atoms with Crippen LogP contribution in [-0.4, -0.2) is 24.5 Å². The predicted octanol–water partition coefficient (Wildman–Crippen LogP) is 17.3. The number of aromatic nitrogens is 5. The van der Waals surface area contributed by atoms with Crippen molar-refractivity contribution in [3.8, 4) is 95.7 Å². The molecule has 9 aromatic carbocycles. The van der Waals surface area contributed by atoms with E-state index in [1.54, 1.807) is 12.1 Å². The summed E-state index contributed by atoms with van der Waals surface area (Å²) < 4.78 is 50.2. The van der Waals surface area contributed by atoms with Crippen LogP contribution in [0, 0.1) is 13.8 Å². The number of alkyl halides is 3. The van der Waals surface area contributed by atoms with Crippen molar-refractivity contribution in [2.45, 2.75) is 20.0 Å². The lowest BCUT2D eigenvalue weighted by atomic mass is 9.95. The molecule has 8 heteroatoms. The molecule has 0 bridgehead atoms. The Kier molecular flexibility index (Phi) is 11.4. The van der Waals surface area contributed by atoms with Crippen LogP contribution in [0.25, 0.3) is 118 Å². The Bertz CT molecular complexity index is 3650. The van der Waals surface area contributed by atoms with Gasteiger partial charge in [-0.3, -0.25) is 0 Å². The molecule has 0 saturated carbocycles. The van der Waals surface area contributed by atoms with Crippen LogP contribution in [0.2, 0.25) is 0 Å². The molecule has 0 spiro atoms. The zero-order chi connectivity index (χ0) is 49.6. The summed E-state index contributed by atoms with van der Waals surface area (Å²) in [4.78, 5) is 20.6. The number of hydrogen-bond donors (Lipinski definition) is 0. The van der Waals surface area contributed by atoms with Gasteiger partial charge in [0.1, 0.15) is 0 Å². The number of rotatable bonds is 9. The molecule has 0 unspecified atom stereocenters. The highest BCUT2D eigenvalue weighted by Gasteiger charge is 2.35. The van der Waals surface area contributed by atoms with Crippen LogP contribution in [0.3, 0.4) is 0 Å². The van der Waals surface area contributed by atoms with Crippen LogP contribution < -0.4 is 0 Å². The second-order valence-corrected chi connectivity index (χ2v) is 18.3. The maximum atomic E-state index is 16.0. The number of benzene rings is 9. The van der Waals surface area contributed by atoms with E-state index in [1.165, 1.54) is 12.1 Å². The van der Waals surface area contributed by atoms with Crippen molar-refractivity contribution < 1.29 is 13.2 Å². The summed E-state index contributed by atoms with van der Waals surface area (Å²) >= 11 is 0. The fourth-order valence-electron chi connectivity index (χ4n) is 9.81. The number of aryl methyl sites for hydroxylation is 2. The van der Waals surface area contributed by atoms with Crippen LogP contribution in [-0.2, 0) is 6.18 Å². The van der Waals surface area contributed by atoms with E-state index in [0.29, 0.717) is 51.2 Å². The standard InChI is InChI=1S/C65H44F3N5/c1-41-17-15-27-47(33-41)49-29-31-52-53-32-30-50(48-28-16-18-42(2)34-48)36-61(53)73(60(52)35-49)62-54(58-39-56(43-19-7-3-8-20-43)69-63(71-58)45-23-11-5-12-24-45)37-51(65(66,67)68)38-55(62)59-40-57(44-21-9-4-10-22-44)70-64(72-59)46-25-13-6-14-26-46/h3-40H,1-2H3. The van der Waals surface area contributed by atoms with E-state index in [2.05, 4.69) is 91.2 Å². The van der Waals surface area contributed by atoms with Gasteiger partial charge in [-0.2, -0.15) is 13.2 Å². The zero-order valence-electron chi connectivity index (χ0n) is 39.8. The smallest absolute Gasteiger partial charge is 0.308 e. The molecule has 12 rings (SSSR count). The number of fused-ring (bicyclic) bond motifs is 3. The molecule has 0 N–H and O–H groups in total. The second kappa shape index (κ2) is 18.5. The summed E-state index contributed by atoms with van der Waals surface area (Å²) in [6, 6.07) is 74.0. The monoisotopic (exact) mass is 951 g/mol. The van der Waals surface area contributed by atoms with Gasteiger partial charge in [0.15, 0.2) is 11.6 Å². The van der Waals surface area contributed by atoms with Crippen LogP contribution in [0.15, 0.2) is 231 Å². The lowest BCUT2D eigenvalue weighted by molar-refractivity contribution is -0.137. The van der Waals surface area contributed by atoms with E-state index in [-0.39, 0.29) is 11.1 Å². The molecule has 0 atom stereocenters. The molecular formula is C65H44F3N5. The molecule has 0 aliphatic carbocycles. The SMILES string of the molecule is Cc1cccc(-c2ccc3c4ccc(-c5cccc(C)c5)cc4n(-c4c(-c5cc(-c6ccccc6)nc(-c6ccccc6)n5)cc(C(F)(F)F)cc4-c4cc(-c5ccccc5)nc(-c5ccccc5)n4)c3c2)c1. The van der Waals surface area contributed by atoms with Gasteiger partial charge in [-0.15, -0.1) is 0 Å². The Hall–Kier alpha value is -9.27. The minimum atomic E-state index is -4.78. The summed E-state index contributed by atoms with van der Waals surface area (Å²) in [6.45, 7) is 4.13. The molecule has 0 aliphatic heterocycles. The maximum Gasteiger partial charge on any atom is 0.416 e. The molecule has 0 saturated heterocycles. The summed E-state index contributed by atoms with van der Waals surface area (Å²) in [7, 11) is 0. The highest BCUT2D eigenvalue weighted by Crippen LogP contribution is 2.47. The summed E-state index contributed by atoms with van der Waals surface area (Å²) in [6.07, 6.45) is -4.78. The topological polar surface area (TPSA) is 56.5 Å². The largest absolute Gasteiger partial charge is 0.416 e. The lowest BCUT2D eigenvalue weighted by Crippen LogP contribution is -2.10. The van der Waals surface area contributed by atoms with E-state index in [1.807, 2.05) is 133 Å². The van der Waals surface area contributed by atoms with Crippen molar-refractivity contribution in [3.05, 3.63) is 247 Å². The first-order valence-corrected chi connectivity index (χ1v) is 24.1. The molecule has 0 amide bonds. The first kappa shape index (κ1) is 44.9. The van der Waals surface area contributed by atoms with Crippen LogP contribution in [0.1, 0.15) is 16.7 Å². The van der Waals surface area contributed by atoms with Gasteiger partial charge in [-0.1, -0.05) is 205 Å². The molecular weight excluding hydrogens is 908 g/mol. The van der Waals surface area contributed by atoms with Gasteiger partial charge < -0.3 is 4.57 Å². The molecule has 5 nitrogen and oxygen atoms in total. The summed E-state index contributed by atoms with van der Waals surface area (Å²) in [5.74, 6) is 0.736. The maximum absolute atomic E-state index is 16.0. The van der Waals surface area contributed by atoms with Crippen molar-refractivity contribution in [1.29, 1.82) is 0 Å². The minimum Gasteiger partial charge on any atom is -0.308 e. The average molecular weight is 952 g/mol. The molecule has 0 radical (unpaired) electrons. The van der Waals surface area contributed by atoms with Gasteiger partial charge >= 0.3 is 6.18 Å². The Morgan fingerprint density at radius 1 is 0.329 bits per heavy atom. The van der Waals surface area contributed by atoms with Crippen molar-refractivity contribution in [1.82, 2.24) is 24.5 Å². The third kappa shape index (κ3) is 8.74. The van der Waals surface area contributed by atoms with Crippen molar-refractivity contribution in [3.63, 3.8) is 0 Å². The van der Waals surface area contributed by atoms with Gasteiger partial charge in [0, 0.05) is 44.2 Å². The quantitative estimate of drug-likeness (QED) is 0.145. The molecule has 0 fully saturated rings. The fraction of sp³-hybridized carbons (Fsp3) is 0.0462. The Morgan fingerprint density at radius 2 is 0.685 bits per heavy atom. The third-order valence-electron chi connectivity index (χ3n) is 13.3. The van der Waals surface area contributed by atoms with Crippen LogP contribution in [0.4, 0.5) is 13.2 Å². The minimum absolute atomic E-state index is 0.239. The number of nitrogens with zero attached hydrogens (tertiary/aromatic N) is 5. The molecule has 73 heavy (non-hydrogen) atoms. The van der Waals surface area contributed by atoms with Gasteiger partial charge in [-0.05, 0) is 72.5 Å². The molecule has 3 heterocycles. The van der Waals surface area contributed by atoms with Crippen molar-refractivity contribution in [2.24, 2.45) is 0 Å². The first-order valence-electron chi connectivity index (χ1n) is 24.1. The van der Waals surface area contributed by atoms with Crippen LogP contribution >= 0.6 is 0 Å². The van der Waals surface area contributed by atoms with E-state index in [0.717, 1.165) is 66.3 Å². The van der Waals surface area contributed by atoms with E-state index >= 15 is 13.2 Å². The zero-order valence-corrected chi connectivity index (χ0v) is 39.8. The third-order valence-corrected chi connectivity index (χ3v) is 13.3. The second-order valence-electron chi connectivity index (χ2n) is 18.3. The number of hydrogen-bond acceptors (Lipinski definition) is 4. The average Bonchev–Trinajstić information content (AvgIpc) is 3.76. The molecule has 3 aromatic heterocycles. The highest BCUT2D eigenvalue weighted by atomic mass is 19.4. The Balaban J connectivity index is 1.28. The molecule has 12 aromatic rings.